The van der Waals surface area contributed by atoms with Crippen molar-refractivity contribution in [3.05, 3.63) is 0 Å². The zero-order valence-corrected chi connectivity index (χ0v) is 11.0. The van der Waals surface area contributed by atoms with Gasteiger partial charge in [0.2, 0.25) is 0 Å². The summed E-state index contributed by atoms with van der Waals surface area (Å²) in [5.41, 5.74) is 0. The van der Waals surface area contributed by atoms with Gasteiger partial charge in [0.05, 0.1) is 0 Å². The molecule has 17 heavy (non-hydrogen) atoms. The maximum atomic E-state index is 3.80. The van der Waals surface area contributed by atoms with Crippen LogP contribution in [0.15, 0.2) is 0 Å². The van der Waals surface area contributed by atoms with Gasteiger partial charge in [-0.1, -0.05) is 0 Å². The van der Waals surface area contributed by atoms with E-state index < -0.39 is 0 Å². The van der Waals surface area contributed by atoms with E-state index in [1.54, 1.807) is 0 Å². The van der Waals surface area contributed by atoms with E-state index in [0.29, 0.717) is 0 Å². The molecule has 3 rings (SSSR count). The summed E-state index contributed by atoms with van der Waals surface area (Å²) >= 11 is 0. The number of piperidine rings is 1. The molecule has 1 aliphatic carbocycles. The molecule has 1 N–H and O–H groups in total. The molecular formula is C14H27N3. The zero-order valence-electron chi connectivity index (χ0n) is 11.0. The van der Waals surface area contributed by atoms with Gasteiger partial charge >= 0.3 is 0 Å². The Morgan fingerprint density at radius 1 is 0.765 bits per heavy atom. The molecule has 2 aliphatic heterocycles. The fraction of sp³-hybridized carbons (Fsp3) is 1.00. The highest BCUT2D eigenvalue weighted by atomic mass is 15.2. The van der Waals surface area contributed by atoms with E-state index in [2.05, 4.69) is 15.1 Å². The maximum Gasteiger partial charge on any atom is 0.0198 e. The molecule has 2 saturated heterocycles. The lowest BCUT2D eigenvalue weighted by atomic mass is 10.1. The Kier molecular flexibility index (Phi) is 3.99. The van der Waals surface area contributed by atoms with Gasteiger partial charge in [0.25, 0.3) is 0 Å². The van der Waals surface area contributed by atoms with Crippen LogP contribution in [0.4, 0.5) is 0 Å². The molecule has 0 radical (unpaired) electrons. The van der Waals surface area contributed by atoms with Crippen molar-refractivity contribution in [2.45, 2.75) is 50.6 Å². The van der Waals surface area contributed by atoms with Crippen LogP contribution < -0.4 is 5.32 Å². The largest absolute Gasteiger partial charge is 0.310 e. The summed E-state index contributed by atoms with van der Waals surface area (Å²) in [4.78, 5) is 5.32. The smallest absolute Gasteiger partial charge is 0.0198 e. The van der Waals surface area contributed by atoms with E-state index in [0.717, 1.165) is 12.1 Å². The molecule has 1 unspecified atom stereocenters. The monoisotopic (exact) mass is 237 g/mol. The first-order valence-electron chi connectivity index (χ1n) is 7.61. The molecular weight excluding hydrogens is 210 g/mol. The van der Waals surface area contributed by atoms with Crippen LogP contribution in [0, 0.1) is 0 Å². The van der Waals surface area contributed by atoms with Gasteiger partial charge in [-0.2, -0.15) is 0 Å². The molecule has 3 aliphatic rings. The lowest BCUT2D eigenvalue weighted by molar-refractivity contribution is 0.168. The van der Waals surface area contributed by atoms with Crippen molar-refractivity contribution in [3.63, 3.8) is 0 Å². The third-order valence-electron chi connectivity index (χ3n) is 4.49. The van der Waals surface area contributed by atoms with Crippen molar-refractivity contribution in [3.8, 4) is 0 Å². The van der Waals surface area contributed by atoms with Gasteiger partial charge in [0.1, 0.15) is 0 Å². The van der Waals surface area contributed by atoms with E-state index in [4.69, 9.17) is 0 Å². The molecule has 2 heterocycles. The summed E-state index contributed by atoms with van der Waals surface area (Å²) in [6.45, 7) is 7.91. The highest BCUT2D eigenvalue weighted by molar-refractivity contribution is 4.88. The summed E-state index contributed by atoms with van der Waals surface area (Å²) in [5.74, 6) is 0. The van der Waals surface area contributed by atoms with Crippen LogP contribution >= 0.6 is 0 Å². The van der Waals surface area contributed by atoms with Crippen LogP contribution in [-0.4, -0.2) is 61.2 Å². The molecule has 0 aromatic heterocycles. The van der Waals surface area contributed by atoms with E-state index >= 15 is 0 Å². The van der Waals surface area contributed by atoms with Gasteiger partial charge in [0.15, 0.2) is 0 Å². The first kappa shape index (κ1) is 11.9. The molecule has 1 saturated carbocycles. The minimum absolute atomic E-state index is 0.787. The Bertz CT molecular complexity index is 234. The molecule has 3 fully saturated rings. The molecule has 0 aromatic rings. The Hall–Kier alpha value is -0.120. The number of nitrogens with one attached hydrogen (secondary N) is 1. The third kappa shape index (κ3) is 3.67. The van der Waals surface area contributed by atoms with Crippen LogP contribution in [0.25, 0.3) is 0 Å². The van der Waals surface area contributed by atoms with Crippen molar-refractivity contribution < 1.29 is 0 Å². The molecule has 3 heteroatoms. The Morgan fingerprint density at radius 3 is 2.24 bits per heavy atom. The summed E-state index contributed by atoms with van der Waals surface area (Å²) in [6.07, 6.45) is 8.48. The highest BCUT2D eigenvalue weighted by Gasteiger charge is 2.27. The van der Waals surface area contributed by atoms with Crippen LogP contribution in [0.2, 0.25) is 0 Å². The van der Waals surface area contributed by atoms with E-state index in [1.165, 1.54) is 77.8 Å². The Labute approximate surface area is 106 Å². The van der Waals surface area contributed by atoms with E-state index in [9.17, 15) is 0 Å². The molecule has 1 atom stereocenters. The number of likely N-dealkylation sites (tertiary alicyclic amines) is 2. The summed E-state index contributed by atoms with van der Waals surface area (Å²) < 4.78 is 0. The second kappa shape index (κ2) is 5.68. The highest BCUT2D eigenvalue weighted by Crippen LogP contribution is 2.22. The standard InChI is InChI=1S/C14H27N3/c1-2-8-16(7-1)10-11-17-9-3-4-14(12-17)15-13-5-6-13/h13-15H,1-12H2. The normalized spacial score (nSPS) is 32.1. The second-order valence-electron chi connectivity index (χ2n) is 6.13. The number of rotatable bonds is 5. The topological polar surface area (TPSA) is 18.5 Å². The van der Waals surface area contributed by atoms with Crippen molar-refractivity contribution in [2.24, 2.45) is 0 Å². The zero-order chi connectivity index (χ0) is 11.5. The minimum Gasteiger partial charge on any atom is -0.310 e. The van der Waals surface area contributed by atoms with Crippen molar-refractivity contribution in [2.75, 3.05) is 39.3 Å². The summed E-state index contributed by atoms with van der Waals surface area (Å²) in [7, 11) is 0. The minimum atomic E-state index is 0.787. The van der Waals surface area contributed by atoms with Crippen LogP contribution in [0.3, 0.4) is 0 Å². The SMILES string of the molecule is C1CCN(CCN2CCCC(NC3CC3)C2)C1. The van der Waals surface area contributed by atoms with Crippen LogP contribution in [0.1, 0.15) is 38.5 Å². The molecule has 98 valence electrons. The van der Waals surface area contributed by atoms with E-state index in [1.807, 2.05) is 0 Å². The van der Waals surface area contributed by atoms with Gasteiger partial charge in [-0.15, -0.1) is 0 Å². The number of hydrogen-bond donors (Lipinski definition) is 1. The number of nitrogens with zero attached hydrogens (tertiary/aromatic N) is 2. The van der Waals surface area contributed by atoms with Gasteiger partial charge in [-0.3, -0.25) is 0 Å². The van der Waals surface area contributed by atoms with Gasteiger partial charge in [-0.05, 0) is 58.2 Å². The van der Waals surface area contributed by atoms with Gasteiger partial charge < -0.3 is 15.1 Å². The Morgan fingerprint density at radius 2 is 1.47 bits per heavy atom. The van der Waals surface area contributed by atoms with Crippen molar-refractivity contribution in [1.82, 2.24) is 15.1 Å². The predicted molar refractivity (Wildman–Crippen MR) is 71.3 cm³/mol. The first-order chi connectivity index (χ1) is 8.40. The average Bonchev–Trinajstić information content (AvgIpc) is 3.00. The molecule has 0 aromatic carbocycles. The van der Waals surface area contributed by atoms with Crippen LogP contribution in [0.5, 0.6) is 0 Å². The molecule has 0 amide bonds. The molecule has 0 bridgehead atoms. The molecule has 0 spiro atoms. The quantitative estimate of drug-likeness (QED) is 0.777. The fourth-order valence-electron chi connectivity index (χ4n) is 3.27. The first-order valence-corrected chi connectivity index (χ1v) is 7.61. The summed E-state index contributed by atoms with van der Waals surface area (Å²) in [6, 6.07) is 1.66. The van der Waals surface area contributed by atoms with E-state index in [-0.39, 0.29) is 0 Å². The molecule has 3 nitrogen and oxygen atoms in total. The third-order valence-corrected chi connectivity index (χ3v) is 4.49. The van der Waals surface area contributed by atoms with Gasteiger partial charge in [0, 0.05) is 31.7 Å². The Balaban J connectivity index is 1.36. The lowest BCUT2D eigenvalue weighted by Gasteiger charge is -2.34. The second-order valence-corrected chi connectivity index (χ2v) is 6.13. The van der Waals surface area contributed by atoms with Crippen LogP contribution in [-0.2, 0) is 0 Å². The van der Waals surface area contributed by atoms with Crippen molar-refractivity contribution >= 4 is 0 Å². The maximum absolute atomic E-state index is 3.80. The average molecular weight is 237 g/mol. The number of hydrogen-bond acceptors (Lipinski definition) is 3. The van der Waals surface area contributed by atoms with Crippen molar-refractivity contribution in [1.29, 1.82) is 0 Å². The fourth-order valence-corrected chi connectivity index (χ4v) is 3.27. The summed E-state index contributed by atoms with van der Waals surface area (Å²) in [5, 5.41) is 3.80. The van der Waals surface area contributed by atoms with Gasteiger partial charge in [-0.25, -0.2) is 0 Å². The predicted octanol–water partition coefficient (Wildman–Crippen LogP) is 1.30. The lowest BCUT2D eigenvalue weighted by Crippen LogP contribution is -2.48.